The summed E-state index contributed by atoms with van der Waals surface area (Å²) in [7, 11) is 0. The van der Waals surface area contributed by atoms with Gasteiger partial charge in [0.2, 0.25) is 11.8 Å². The second-order valence-electron chi connectivity index (χ2n) is 5.92. The van der Waals surface area contributed by atoms with Crippen LogP contribution in [0.5, 0.6) is 0 Å². The highest BCUT2D eigenvalue weighted by atomic mass is 79.9. The average Bonchev–Trinajstić information content (AvgIpc) is 3.06. The van der Waals surface area contributed by atoms with Crippen LogP contribution in [0.25, 0.3) is 22.6 Å². The quantitative estimate of drug-likeness (QED) is 0.490. The molecule has 4 rings (SSSR count). The van der Waals surface area contributed by atoms with Crippen molar-refractivity contribution in [3.8, 4) is 11.5 Å². The standard InChI is InChI=1S/C21H15BrN2O2/c22-16-7-3-5-14(11-16)12-20(25)23-17-8-4-6-15(13-17)21-24-18-9-1-2-10-19(18)26-21/h1-11,13H,12H2,(H,23,25). The van der Waals surface area contributed by atoms with E-state index in [1.54, 1.807) is 0 Å². The predicted molar refractivity (Wildman–Crippen MR) is 106 cm³/mol. The molecule has 0 saturated carbocycles. The summed E-state index contributed by atoms with van der Waals surface area (Å²) in [6, 6.07) is 22.9. The number of amides is 1. The first-order chi connectivity index (χ1) is 12.7. The number of hydrogen-bond acceptors (Lipinski definition) is 3. The summed E-state index contributed by atoms with van der Waals surface area (Å²) < 4.78 is 6.75. The Hall–Kier alpha value is -2.92. The Kier molecular flexibility index (Phi) is 4.54. The van der Waals surface area contributed by atoms with E-state index in [0.29, 0.717) is 18.0 Å². The van der Waals surface area contributed by atoms with Crippen LogP contribution in [0, 0.1) is 0 Å². The van der Waals surface area contributed by atoms with Crippen LogP contribution in [0.15, 0.2) is 81.7 Å². The van der Waals surface area contributed by atoms with Gasteiger partial charge in [-0.3, -0.25) is 4.79 Å². The Bertz CT molecular complexity index is 1060. The molecule has 0 radical (unpaired) electrons. The number of carbonyl (C=O) groups excluding carboxylic acids is 1. The fourth-order valence-electron chi connectivity index (χ4n) is 2.76. The molecule has 1 amide bonds. The number of rotatable bonds is 4. The first kappa shape index (κ1) is 16.5. The monoisotopic (exact) mass is 406 g/mol. The van der Waals surface area contributed by atoms with Crippen molar-refractivity contribution >= 4 is 38.6 Å². The molecule has 128 valence electrons. The molecule has 4 aromatic rings. The van der Waals surface area contributed by atoms with Crippen LogP contribution in [0.4, 0.5) is 5.69 Å². The van der Waals surface area contributed by atoms with E-state index in [-0.39, 0.29) is 5.91 Å². The zero-order valence-corrected chi connectivity index (χ0v) is 15.4. The van der Waals surface area contributed by atoms with Gasteiger partial charge in [-0.25, -0.2) is 4.98 Å². The van der Waals surface area contributed by atoms with E-state index in [4.69, 9.17) is 4.42 Å². The number of anilines is 1. The lowest BCUT2D eigenvalue weighted by Gasteiger charge is -2.07. The topological polar surface area (TPSA) is 55.1 Å². The van der Waals surface area contributed by atoms with Crippen LogP contribution in [-0.4, -0.2) is 10.9 Å². The molecule has 0 unspecified atom stereocenters. The number of fused-ring (bicyclic) bond motifs is 1. The van der Waals surface area contributed by atoms with E-state index in [0.717, 1.165) is 26.7 Å². The minimum absolute atomic E-state index is 0.0715. The van der Waals surface area contributed by atoms with Gasteiger partial charge in [0.05, 0.1) is 6.42 Å². The van der Waals surface area contributed by atoms with Crippen LogP contribution in [0.2, 0.25) is 0 Å². The SMILES string of the molecule is O=C(Cc1cccc(Br)c1)Nc1cccc(-c2nc3ccccc3o2)c1. The van der Waals surface area contributed by atoms with Crippen molar-refractivity contribution in [1.29, 1.82) is 0 Å². The van der Waals surface area contributed by atoms with Gasteiger partial charge < -0.3 is 9.73 Å². The van der Waals surface area contributed by atoms with Crippen molar-refractivity contribution in [2.45, 2.75) is 6.42 Å². The van der Waals surface area contributed by atoms with E-state index in [1.165, 1.54) is 0 Å². The highest BCUT2D eigenvalue weighted by Crippen LogP contribution is 2.26. The second-order valence-corrected chi connectivity index (χ2v) is 6.84. The van der Waals surface area contributed by atoms with Crippen LogP contribution < -0.4 is 5.32 Å². The van der Waals surface area contributed by atoms with Gasteiger partial charge in [-0.1, -0.05) is 46.3 Å². The maximum atomic E-state index is 12.3. The van der Waals surface area contributed by atoms with Crippen molar-refractivity contribution in [2.24, 2.45) is 0 Å². The fraction of sp³-hybridized carbons (Fsp3) is 0.0476. The molecule has 0 saturated heterocycles. The summed E-state index contributed by atoms with van der Waals surface area (Å²) in [5.41, 5.74) is 4.04. The number of nitrogens with one attached hydrogen (secondary N) is 1. The number of nitrogens with zero attached hydrogens (tertiary/aromatic N) is 1. The Morgan fingerprint density at radius 2 is 1.85 bits per heavy atom. The largest absolute Gasteiger partial charge is 0.436 e. The minimum atomic E-state index is -0.0715. The molecule has 1 aromatic heterocycles. The van der Waals surface area contributed by atoms with E-state index in [2.05, 4.69) is 26.2 Å². The second kappa shape index (κ2) is 7.14. The summed E-state index contributed by atoms with van der Waals surface area (Å²) in [6.45, 7) is 0. The molecule has 0 bridgehead atoms. The van der Waals surface area contributed by atoms with Gasteiger partial charge in [0.1, 0.15) is 5.52 Å². The first-order valence-electron chi connectivity index (χ1n) is 8.18. The Labute approximate surface area is 159 Å². The van der Waals surface area contributed by atoms with Crippen molar-refractivity contribution in [1.82, 2.24) is 4.98 Å². The maximum Gasteiger partial charge on any atom is 0.228 e. The van der Waals surface area contributed by atoms with Gasteiger partial charge in [-0.2, -0.15) is 0 Å². The number of carbonyl (C=O) groups is 1. The van der Waals surface area contributed by atoms with Crippen molar-refractivity contribution < 1.29 is 9.21 Å². The zero-order valence-electron chi connectivity index (χ0n) is 13.8. The van der Waals surface area contributed by atoms with Gasteiger partial charge in [0.25, 0.3) is 0 Å². The number of benzene rings is 3. The van der Waals surface area contributed by atoms with Gasteiger partial charge in [-0.15, -0.1) is 0 Å². The molecule has 0 aliphatic carbocycles. The molecule has 1 heterocycles. The summed E-state index contributed by atoms with van der Waals surface area (Å²) in [4.78, 5) is 16.8. The highest BCUT2D eigenvalue weighted by molar-refractivity contribution is 9.10. The van der Waals surface area contributed by atoms with E-state index in [9.17, 15) is 4.79 Å². The fourth-order valence-corrected chi connectivity index (χ4v) is 3.21. The minimum Gasteiger partial charge on any atom is -0.436 e. The summed E-state index contributed by atoms with van der Waals surface area (Å²) >= 11 is 3.42. The third-order valence-corrected chi connectivity index (χ3v) is 4.43. The molecule has 4 nitrogen and oxygen atoms in total. The number of oxazole rings is 1. The molecular formula is C21H15BrN2O2. The summed E-state index contributed by atoms with van der Waals surface area (Å²) in [6.07, 6.45) is 0.312. The lowest BCUT2D eigenvalue weighted by molar-refractivity contribution is -0.115. The summed E-state index contributed by atoms with van der Waals surface area (Å²) in [5.74, 6) is 0.465. The van der Waals surface area contributed by atoms with Crippen LogP contribution in [0.1, 0.15) is 5.56 Å². The Balaban J connectivity index is 1.53. The molecule has 0 atom stereocenters. The molecule has 26 heavy (non-hydrogen) atoms. The first-order valence-corrected chi connectivity index (χ1v) is 8.97. The molecule has 3 aromatic carbocycles. The normalized spacial score (nSPS) is 10.8. The lowest BCUT2D eigenvalue weighted by atomic mass is 10.1. The number of hydrogen-bond donors (Lipinski definition) is 1. The molecule has 0 spiro atoms. The predicted octanol–water partition coefficient (Wildman–Crippen LogP) is 5.44. The third kappa shape index (κ3) is 3.68. The molecular weight excluding hydrogens is 392 g/mol. The molecule has 0 aliphatic heterocycles. The van der Waals surface area contributed by atoms with E-state index in [1.807, 2.05) is 72.8 Å². The van der Waals surface area contributed by atoms with Gasteiger partial charge in [0, 0.05) is 15.7 Å². The summed E-state index contributed by atoms with van der Waals surface area (Å²) in [5, 5.41) is 2.93. The Morgan fingerprint density at radius 1 is 1.00 bits per heavy atom. The number of aromatic nitrogens is 1. The third-order valence-electron chi connectivity index (χ3n) is 3.94. The smallest absolute Gasteiger partial charge is 0.228 e. The van der Waals surface area contributed by atoms with Crippen molar-refractivity contribution in [3.05, 3.63) is 82.8 Å². The molecule has 5 heteroatoms. The van der Waals surface area contributed by atoms with Crippen LogP contribution >= 0.6 is 15.9 Å². The van der Waals surface area contributed by atoms with E-state index >= 15 is 0 Å². The van der Waals surface area contributed by atoms with Crippen LogP contribution in [-0.2, 0) is 11.2 Å². The Morgan fingerprint density at radius 3 is 2.69 bits per heavy atom. The zero-order chi connectivity index (χ0) is 17.9. The van der Waals surface area contributed by atoms with Crippen molar-refractivity contribution in [3.63, 3.8) is 0 Å². The molecule has 0 aliphatic rings. The van der Waals surface area contributed by atoms with Gasteiger partial charge >= 0.3 is 0 Å². The maximum absolute atomic E-state index is 12.3. The molecule has 0 fully saturated rings. The number of halogens is 1. The van der Waals surface area contributed by atoms with Gasteiger partial charge in [0.15, 0.2) is 5.58 Å². The number of para-hydroxylation sites is 2. The average molecular weight is 407 g/mol. The van der Waals surface area contributed by atoms with Crippen LogP contribution in [0.3, 0.4) is 0 Å². The lowest BCUT2D eigenvalue weighted by Crippen LogP contribution is -2.14. The van der Waals surface area contributed by atoms with Crippen molar-refractivity contribution in [2.75, 3.05) is 5.32 Å². The van der Waals surface area contributed by atoms with E-state index < -0.39 is 0 Å². The highest BCUT2D eigenvalue weighted by Gasteiger charge is 2.10. The molecule has 1 N–H and O–H groups in total. The van der Waals surface area contributed by atoms with Gasteiger partial charge in [-0.05, 0) is 48.0 Å².